The Balaban J connectivity index is 2.33. The Hall–Kier alpha value is -0.113. The van der Waals surface area contributed by atoms with E-state index < -0.39 is 8.07 Å². The molecule has 1 rings (SSSR count). The van der Waals surface area contributed by atoms with Gasteiger partial charge >= 0.3 is 0 Å². The van der Waals surface area contributed by atoms with Crippen LogP contribution in [0.1, 0.15) is 66.2 Å². The predicted octanol–water partition coefficient (Wildman–Crippen LogP) is 5.21. The van der Waals surface area contributed by atoms with Crippen LogP contribution in [0.3, 0.4) is 0 Å². The van der Waals surface area contributed by atoms with Gasteiger partial charge in [-0.1, -0.05) is 60.1 Å². The van der Waals surface area contributed by atoms with Gasteiger partial charge in [0, 0.05) is 6.42 Å². The molecular weight excluding hydrogens is 236 g/mol. The molecule has 2 atom stereocenters. The van der Waals surface area contributed by atoms with E-state index in [4.69, 9.17) is 0 Å². The van der Waals surface area contributed by atoms with Gasteiger partial charge < -0.3 is 4.79 Å². The Morgan fingerprint density at radius 3 is 2.28 bits per heavy atom. The Kier molecular flexibility index (Phi) is 5.22. The van der Waals surface area contributed by atoms with Gasteiger partial charge in [0.1, 0.15) is 13.5 Å². The summed E-state index contributed by atoms with van der Waals surface area (Å²) in [6.07, 6.45) is 7.44. The molecule has 106 valence electrons. The Labute approximate surface area is 115 Å². The van der Waals surface area contributed by atoms with Crippen molar-refractivity contribution in [3.05, 3.63) is 0 Å². The van der Waals surface area contributed by atoms with Crippen molar-refractivity contribution in [3.63, 3.8) is 0 Å². The third-order valence-electron chi connectivity index (χ3n) is 5.39. The lowest BCUT2D eigenvalue weighted by Crippen LogP contribution is -2.46. The molecule has 0 aromatic heterocycles. The van der Waals surface area contributed by atoms with E-state index in [1.165, 1.54) is 25.7 Å². The minimum atomic E-state index is -1.74. The predicted molar refractivity (Wildman–Crippen MR) is 82.6 cm³/mol. The summed E-state index contributed by atoms with van der Waals surface area (Å²) in [5.74, 6) is 1.83. The van der Waals surface area contributed by atoms with Gasteiger partial charge in [-0.15, -0.1) is 0 Å². The highest BCUT2D eigenvalue weighted by molar-refractivity contribution is 7.06. The fourth-order valence-corrected chi connectivity index (χ4v) is 4.51. The molecule has 1 saturated carbocycles. The Morgan fingerprint density at radius 1 is 1.22 bits per heavy atom. The van der Waals surface area contributed by atoms with Crippen molar-refractivity contribution in [2.24, 2.45) is 11.8 Å². The van der Waals surface area contributed by atoms with E-state index in [0.717, 1.165) is 24.7 Å². The van der Waals surface area contributed by atoms with Gasteiger partial charge in [-0.3, -0.25) is 0 Å². The van der Waals surface area contributed by atoms with E-state index in [1.54, 1.807) is 0 Å². The average molecular weight is 269 g/mol. The highest BCUT2D eigenvalue weighted by atomic mass is 28.3. The van der Waals surface area contributed by atoms with Crippen molar-refractivity contribution in [2.75, 3.05) is 0 Å². The molecule has 1 fully saturated rings. The van der Waals surface area contributed by atoms with Gasteiger partial charge in [0.2, 0.25) is 0 Å². The minimum Gasteiger partial charge on any atom is -0.305 e. The summed E-state index contributed by atoms with van der Waals surface area (Å²) in [5.41, 5.74) is 0. The van der Waals surface area contributed by atoms with Crippen LogP contribution in [0.5, 0.6) is 0 Å². The molecule has 0 heterocycles. The Morgan fingerprint density at radius 2 is 1.83 bits per heavy atom. The summed E-state index contributed by atoms with van der Waals surface area (Å²) in [7, 11) is -1.74. The summed E-state index contributed by atoms with van der Waals surface area (Å²) in [6.45, 7) is 13.5. The molecule has 18 heavy (non-hydrogen) atoms. The van der Waals surface area contributed by atoms with Crippen LogP contribution < -0.4 is 0 Å². The van der Waals surface area contributed by atoms with Crippen molar-refractivity contribution >= 4 is 13.5 Å². The lowest BCUT2D eigenvalue weighted by Gasteiger charge is -2.35. The van der Waals surface area contributed by atoms with Crippen LogP contribution in [-0.2, 0) is 4.79 Å². The van der Waals surface area contributed by atoms with Crippen molar-refractivity contribution in [1.29, 1.82) is 0 Å². The zero-order valence-electron chi connectivity index (χ0n) is 13.3. The third-order valence-corrected chi connectivity index (χ3v) is 10.8. The third kappa shape index (κ3) is 3.94. The molecule has 0 aromatic rings. The Bertz CT molecular complexity index is 288. The van der Waals surface area contributed by atoms with Crippen LogP contribution in [0.2, 0.25) is 18.1 Å². The highest BCUT2D eigenvalue weighted by Gasteiger charge is 2.41. The molecule has 1 nitrogen and oxygen atoms in total. The molecule has 1 aliphatic carbocycles. The molecule has 0 amide bonds. The molecule has 0 spiro atoms. The molecule has 0 aromatic carbocycles. The summed E-state index contributed by atoms with van der Waals surface area (Å²) in [5, 5.41) is 0.785. The van der Waals surface area contributed by atoms with Gasteiger partial charge in [-0.2, -0.15) is 0 Å². The molecule has 0 radical (unpaired) electrons. The second-order valence-electron chi connectivity index (χ2n) is 7.97. The van der Waals surface area contributed by atoms with E-state index in [-0.39, 0.29) is 5.04 Å². The second kappa shape index (κ2) is 5.90. The monoisotopic (exact) mass is 268 g/mol. The van der Waals surface area contributed by atoms with Crippen LogP contribution in [-0.4, -0.2) is 13.5 Å². The molecule has 1 aliphatic rings. The van der Waals surface area contributed by atoms with Crippen molar-refractivity contribution in [2.45, 2.75) is 84.4 Å². The summed E-state index contributed by atoms with van der Waals surface area (Å²) < 4.78 is 0. The number of carbonyl (C=O) groups is 1. The minimum absolute atomic E-state index is 0.200. The fourth-order valence-electron chi connectivity index (χ4n) is 2.87. The molecule has 2 heteroatoms. The van der Waals surface area contributed by atoms with Crippen LogP contribution in [0, 0.1) is 11.8 Å². The molecule has 0 aliphatic heterocycles. The van der Waals surface area contributed by atoms with Crippen molar-refractivity contribution in [1.82, 2.24) is 0 Å². The zero-order valence-corrected chi connectivity index (χ0v) is 14.3. The first-order valence-corrected chi connectivity index (χ1v) is 10.7. The summed E-state index contributed by atoms with van der Waals surface area (Å²) >= 11 is 0. The first kappa shape index (κ1) is 15.9. The van der Waals surface area contributed by atoms with Crippen LogP contribution in [0.4, 0.5) is 0 Å². The quantitative estimate of drug-likeness (QED) is 0.626. The maximum atomic E-state index is 12.4. The van der Waals surface area contributed by atoms with Crippen LogP contribution in [0.25, 0.3) is 0 Å². The largest absolute Gasteiger partial charge is 0.305 e. The molecule has 0 N–H and O–H groups in total. The maximum Gasteiger partial charge on any atom is 0.132 e. The first-order valence-electron chi connectivity index (χ1n) is 7.68. The van der Waals surface area contributed by atoms with E-state index >= 15 is 0 Å². The van der Waals surface area contributed by atoms with Gasteiger partial charge in [0.25, 0.3) is 0 Å². The number of hydrogen-bond donors (Lipinski definition) is 0. The molecule has 0 bridgehead atoms. The number of hydrogen-bond acceptors (Lipinski definition) is 1. The smallest absolute Gasteiger partial charge is 0.132 e. The van der Waals surface area contributed by atoms with Gasteiger partial charge in [-0.05, 0) is 29.7 Å². The second-order valence-corrected chi connectivity index (χ2v) is 13.3. The molecule has 2 unspecified atom stereocenters. The first-order chi connectivity index (χ1) is 8.14. The molecule has 0 saturated heterocycles. The standard InChI is InChI=1S/C16H32OSi/c1-13-10-11-14(12-13)8-7-9-15(17)18(5,6)16(2,3)4/h13-14H,7-12H2,1-6H3. The summed E-state index contributed by atoms with van der Waals surface area (Å²) in [6, 6.07) is 0. The fraction of sp³-hybridized carbons (Fsp3) is 0.938. The maximum absolute atomic E-state index is 12.4. The van der Waals surface area contributed by atoms with E-state index in [0.29, 0.717) is 5.41 Å². The zero-order chi connectivity index (χ0) is 14.0. The lowest BCUT2D eigenvalue weighted by atomic mass is 9.99. The average Bonchev–Trinajstić information content (AvgIpc) is 2.62. The molecular formula is C16H32OSi. The number of carbonyl (C=O) groups excluding carboxylic acids is 1. The van der Waals surface area contributed by atoms with Gasteiger partial charge in [0.05, 0.1) is 0 Å². The van der Waals surface area contributed by atoms with Crippen LogP contribution in [0.15, 0.2) is 0 Å². The summed E-state index contributed by atoms with van der Waals surface area (Å²) in [4.78, 5) is 12.4. The van der Waals surface area contributed by atoms with Gasteiger partial charge in [-0.25, -0.2) is 0 Å². The SMILES string of the molecule is CC1CCC(CCCC(=O)[Si](C)(C)C(C)(C)C)C1. The topological polar surface area (TPSA) is 17.1 Å². The van der Waals surface area contributed by atoms with Crippen LogP contribution >= 0.6 is 0 Å². The van der Waals surface area contributed by atoms with E-state index in [2.05, 4.69) is 40.8 Å². The van der Waals surface area contributed by atoms with E-state index in [9.17, 15) is 4.79 Å². The van der Waals surface area contributed by atoms with Crippen molar-refractivity contribution in [3.8, 4) is 0 Å². The van der Waals surface area contributed by atoms with E-state index in [1.807, 2.05) is 0 Å². The lowest BCUT2D eigenvalue weighted by molar-refractivity contribution is -0.113. The normalized spacial score (nSPS) is 25.4. The van der Waals surface area contributed by atoms with Gasteiger partial charge in [0.15, 0.2) is 0 Å². The van der Waals surface area contributed by atoms with Crippen molar-refractivity contribution < 1.29 is 4.79 Å². The number of rotatable bonds is 5. The highest BCUT2D eigenvalue weighted by Crippen LogP contribution is 2.38.